The van der Waals surface area contributed by atoms with E-state index in [1.54, 1.807) is 0 Å². The summed E-state index contributed by atoms with van der Waals surface area (Å²) in [7, 11) is 0. The number of anilines is 2. The Morgan fingerprint density at radius 3 is 1.04 bits per heavy atom. The number of aryl methyl sites for hydroxylation is 1. The van der Waals surface area contributed by atoms with E-state index >= 15 is 0 Å². The van der Waals surface area contributed by atoms with Crippen LogP contribution in [0.4, 0.5) is 22.7 Å². The minimum Gasteiger partial charge on any atom is -0.598 e. The summed E-state index contributed by atoms with van der Waals surface area (Å²) in [6.45, 7) is 18.9. The second kappa shape index (κ2) is 26.3. The van der Waals surface area contributed by atoms with Crippen molar-refractivity contribution in [3.05, 3.63) is 161 Å². The summed E-state index contributed by atoms with van der Waals surface area (Å²) in [5, 5.41) is 10.4. The Morgan fingerprint density at radius 2 is 0.782 bits per heavy atom. The number of nitrogens with one attached hydrogen (secondary N) is 2. The van der Waals surface area contributed by atoms with Crippen LogP contribution in [0, 0.1) is 47.3 Å². The van der Waals surface area contributed by atoms with Gasteiger partial charge in [0.2, 0.25) is 0 Å². The van der Waals surface area contributed by atoms with E-state index in [0.29, 0.717) is 5.75 Å². The Balaban J connectivity index is 0.000000250. The van der Waals surface area contributed by atoms with Gasteiger partial charge in [0.15, 0.2) is 0 Å². The molecule has 0 unspecified atom stereocenters. The number of para-hydroxylation sites is 4. The van der Waals surface area contributed by atoms with Crippen LogP contribution < -0.4 is 10.9 Å². The van der Waals surface area contributed by atoms with Gasteiger partial charge >= 0.3 is 0 Å². The van der Waals surface area contributed by atoms with E-state index in [2.05, 4.69) is 82.3 Å². The molecule has 2 fully saturated rings. The second-order valence-corrected chi connectivity index (χ2v) is 15.2. The molecule has 0 bridgehead atoms. The first-order chi connectivity index (χ1) is 25.9. The van der Waals surface area contributed by atoms with E-state index in [0.717, 1.165) is 60.3 Å². The third kappa shape index (κ3) is 20.2. The van der Waals surface area contributed by atoms with Gasteiger partial charge in [0.1, 0.15) is 5.75 Å². The maximum Gasteiger partial charge on any atom is 0.123 e. The van der Waals surface area contributed by atoms with Crippen molar-refractivity contribution in [3.8, 4) is 5.75 Å². The maximum absolute atomic E-state index is 10.4. The van der Waals surface area contributed by atoms with Crippen molar-refractivity contribution in [2.75, 3.05) is 37.3 Å². The van der Waals surface area contributed by atoms with Crippen molar-refractivity contribution in [2.24, 2.45) is 0 Å². The first-order valence-corrected chi connectivity index (χ1v) is 19.1. The van der Waals surface area contributed by atoms with Gasteiger partial charge in [-0.3, -0.25) is 0 Å². The minimum absolute atomic E-state index is 0. The number of aromatic hydroxyl groups is 1. The zero-order valence-corrected chi connectivity index (χ0v) is 36.5. The van der Waals surface area contributed by atoms with Gasteiger partial charge in [-0.05, 0) is 78.8 Å². The normalized spacial score (nSPS) is 12.9. The molecule has 5 aromatic carbocycles. The van der Waals surface area contributed by atoms with Crippen LogP contribution in [0.15, 0.2) is 133 Å². The van der Waals surface area contributed by atoms with E-state index in [9.17, 15) is 5.11 Å². The number of phenols is 1. The first kappa shape index (κ1) is 47.5. The van der Waals surface area contributed by atoms with Gasteiger partial charge in [-0.2, -0.15) is 0 Å². The van der Waals surface area contributed by atoms with Gasteiger partial charge in [-0.15, -0.1) is 11.4 Å². The van der Waals surface area contributed by atoms with Crippen LogP contribution in [-0.4, -0.2) is 31.5 Å². The summed E-state index contributed by atoms with van der Waals surface area (Å²) in [4.78, 5) is 0. The molecule has 0 amide bonds. The first-order valence-electron chi connectivity index (χ1n) is 19.1. The Kier molecular flexibility index (Phi) is 22.7. The molecule has 0 atom stereocenters. The standard InChI is InChI=1S/C15H24O.2C12H11N2.2C4H8O.Sm/c1-10-8-11(14(2,3)4)13(16)12(9-10)15(5,6)7;2*1-3-7-11(8-4-1)13-14-12-9-5-2-6-10-12;2*1-2-4-5-3-1;/h8-9,16H,1-7H3;2*1-10,13H;2*1-4H2;/q;2*-1;;;. The summed E-state index contributed by atoms with van der Waals surface area (Å²) in [6, 6.07) is 43.6. The molecule has 296 valence electrons. The predicted molar refractivity (Wildman–Crippen MR) is 229 cm³/mol. The summed E-state index contributed by atoms with van der Waals surface area (Å²) < 4.78 is 9.89. The SMILES string of the molecule is C1CCOC1.C1CCOC1.Cc1cc(C(C)(C)C)c(O)c(C(C)(C)C)c1.[Sm].c1ccc([N-]Nc2ccccc2)cc1.c1ccc([N-]Nc2ccccc2)cc1. The zero-order valence-electron chi connectivity index (χ0n) is 33.9. The summed E-state index contributed by atoms with van der Waals surface area (Å²) in [6.07, 6.45) is 5.11. The molecule has 5 aromatic rings. The fourth-order valence-corrected chi connectivity index (χ4v) is 5.23. The molecule has 0 spiro atoms. The molecule has 2 heterocycles. The van der Waals surface area contributed by atoms with E-state index in [1.165, 1.54) is 31.2 Å². The molecule has 8 heteroatoms. The molecule has 3 N–H and O–H groups in total. The smallest absolute Gasteiger partial charge is 0.123 e. The van der Waals surface area contributed by atoms with Crippen LogP contribution >= 0.6 is 0 Å². The molecule has 7 rings (SSSR count). The Labute approximate surface area is 364 Å². The van der Waals surface area contributed by atoms with Crippen LogP contribution in [0.2, 0.25) is 0 Å². The van der Waals surface area contributed by atoms with Crippen LogP contribution in [0.25, 0.3) is 10.9 Å². The average molecular weight is 881 g/mol. The van der Waals surface area contributed by atoms with E-state index in [4.69, 9.17) is 9.47 Å². The topological polar surface area (TPSA) is 90.9 Å². The zero-order chi connectivity index (χ0) is 39.1. The molecule has 55 heavy (non-hydrogen) atoms. The molecule has 0 aromatic heterocycles. The monoisotopic (exact) mass is 882 g/mol. The largest absolute Gasteiger partial charge is 0.598 e. The predicted octanol–water partition coefficient (Wildman–Crippen LogP) is 13.3. The average Bonchev–Trinajstić information content (AvgIpc) is 3.97. The van der Waals surface area contributed by atoms with Crippen LogP contribution in [0.1, 0.15) is 83.9 Å². The van der Waals surface area contributed by atoms with Crippen LogP contribution in [-0.2, 0) is 20.3 Å². The van der Waals surface area contributed by atoms with Crippen molar-refractivity contribution in [1.29, 1.82) is 0 Å². The molecule has 2 aliphatic rings. The number of rotatable bonds is 6. The fourth-order valence-electron chi connectivity index (χ4n) is 5.23. The van der Waals surface area contributed by atoms with Gasteiger partial charge in [0, 0.05) is 78.2 Å². The van der Waals surface area contributed by atoms with Crippen molar-refractivity contribution in [3.63, 3.8) is 0 Å². The molecule has 0 radical (unpaired) electrons. The molecule has 7 nitrogen and oxygen atoms in total. The van der Waals surface area contributed by atoms with E-state index in [1.807, 2.05) is 121 Å². The number of ether oxygens (including phenoxy) is 2. The van der Waals surface area contributed by atoms with Crippen molar-refractivity contribution < 1.29 is 55.0 Å². The number of hydrogen-bond donors (Lipinski definition) is 3. The van der Waals surface area contributed by atoms with E-state index < -0.39 is 0 Å². The minimum atomic E-state index is -0.0178. The number of phenolic OH excluding ortho intramolecular Hbond substituents is 1. The maximum atomic E-state index is 10.4. The molecular weight excluding hydrogens is 819 g/mol. The van der Waals surface area contributed by atoms with Gasteiger partial charge in [0.05, 0.1) is 0 Å². The summed E-state index contributed by atoms with van der Waals surface area (Å²) >= 11 is 0. The third-order valence-corrected chi connectivity index (χ3v) is 8.21. The molecule has 2 aliphatic heterocycles. The molecule has 2 saturated heterocycles. The van der Waals surface area contributed by atoms with Gasteiger partial charge in [-0.1, -0.05) is 156 Å². The number of hydrogen-bond acceptors (Lipinski definition) is 5. The molecular formula is C47H62N4O3Sm-2. The van der Waals surface area contributed by atoms with Crippen LogP contribution in [0.5, 0.6) is 5.75 Å². The summed E-state index contributed by atoms with van der Waals surface area (Å²) in [5.74, 6) is 0.464. The number of nitrogens with zero attached hydrogens (tertiary/aromatic N) is 2. The Bertz CT molecular complexity index is 1470. The van der Waals surface area contributed by atoms with E-state index in [-0.39, 0.29) is 51.2 Å². The van der Waals surface area contributed by atoms with Crippen molar-refractivity contribution in [1.82, 2.24) is 0 Å². The van der Waals surface area contributed by atoms with Crippen molar-refractivity contribution >= 4 is 22.7 Å². The Morgan fingerprint density at radius 1 is 0.491 bits per heavy atom. The quantitative estimate of drug-likeness (QED) is 0.148. The summed E-state index contributed by atoms with van der Waals surface area (Å²) in [5.41, 5.74) is 21.5. The van der Waals surface area contributed by atoms with Gasteiger partial charge in [0.25, 0.3) is 0 Å². The van der Waals surface area contributed by atoms with Crippen LogP contribution in [0.3, 0.4) is 0 Å². The van der Waals surface area contributed by atoms with Crippen molar-refractivity contribution in [2.45, 2.75) is 85.0 Å². The third-order valence-electron chi connectivity index (χ3n) is 8.21. The van der Waals surface area contributed by atoms with Gasteiger partial charge < -0.3 is 36.3 Å². The fraction of sp³-hybridized carbons (Fsp3) is 0.362. The van der Waals surface area contributed by atoms with Gasteiger partial charge in [-0.25, -0.2) is 0 Å². The molecule has 0 aliphatic carbocycles. The molecule has 0 saturated carbocycles. The second-order valence-electron chi connectivity index (χ2n) is 15.2. The number of benzene rings is 5. The Hall–Kier alpha value is -3.64.